The van der Waals surface area contributed by atoms with E-state index < -0.39 is 0 Å². The van der Waals surface area contributed by atoms with E-state index >= 15 is 0 Å². The Morgan fingerprint density at radius 1 is 0.727 bits per heavy atom. The minimum atomic E-state index is 0.0811. The summed E-state index contributed by atoms with van der Waals surface area (Å²) in [7, 11) is 0. The van der Waals surface area contributed by atoms with Crippen LogP contribution in [0.4, 0.5) is 0 Å². The predicted molar refractivity (Wildman–Crippen MR) is 90.5 cm³/mol. The van der Waals surface area contributed by atoms with Gasteiger partial charge in [-0.15, -0.1) is 0 Å². The highest BCUT2D eigenvalue weighted by Crippen LogP contribution is 2.24. The Labute approximate surface area is 131 Å². The summed E-state index contributed by atoms with van der Waals surface area (Å²) < 4.78 is 0. The van der Waals surface area contributed by atoms with Crippen molar-refractivity contribution < 1.29 is 0 Å². The maximum atomic E-state index is 4.54. The lowest BCUT2D eigenvalue weighted by Gasteiger charge is -2.24. The second-order valence-electron chi connectivity index (χ2n) is 5.40. The number of pyridine rings is 1. The van der Waals surface area contributed by atoms with E-state index in [4.69, 9.17) is 0 Å². The number of benzene rings is 2. The fourth-order valence-corrected chi connectivity index (χ4v) is 2.63. The van der Waals surface area contributed by atoms with Crippen molar-refractivity contribution in [3.05, 3.63) is 102 Å². The monoisotopic (exact) mass is 288 g/mol. The Morgan fingerprint density at radius 2 is 1.32 bits per heavy atom. The SMILES string of the molecule is CC(NC(c1ccccc1)c1ccccn1)c1ccccc1. The Balaban J connectivity index is 1.90. The van der Waals surface area contributed by atoms with Gasteiger partial charge < -0.3 is 0 Å². The van der Waals surface area contributed by atoms with Gasteiger partial charge in [0.2, 0.25) is 0 Å². The number of rotatable bonds is 5. The van der Waals surface area contributed by atoms with Crippen molar-refractivity contribution in [1.82, 2.24) is 10.3 Å². The van der Waals surface area contributed by atoms with Gasteiger partial charge in [0.15, 0.2) is 0 Å². The standard InChI is InChI=1S/C20H20N2/c1-16(17-10-4-2-5-11-17)22-20(18-12-6-3-7-13-18)19-14-8-9-15-21-19/h2-16,20,22H,1H3. The van der Waals surface area contributed by atoms with Gasteiger partial charge in [-0.05, 0) is 30.2 Å². The first-order valence-corrected chi connectivity index (χ1v) is 7.61. The molecular weight excluding hydrogens is 268 g/mol. The minimum Gasteiger partial charge on any atom is -0.298 e. The molecule has 2 aromatic carbocycles. The van der Waals surface area contributed by atoms with Crippen molar-refractivity contribution in [2.24, 2.45) is 0 Å². The molecule has 2 atom stereocenters. The molecule has 2 heteroatoms. The molecule has 0 saturated carbocycles. The highest BCUT2D eigenvalue weighted by Gasteiger charge is 2.18. The first-order valence-electron chi connectivity index (χ1n) is 7.61. The van der Waals surface area contributed by atoms with Crippen LogP contribution in [0.1, 0.15) is 35.8 Å². The summed E-state index contributed by atoms with van der Waals surface area (Å²) in [6.07, 6.45) is 1.85. The van der Waals surface area contributed by atoms with Gasteiger partial charge in [-0.1, -0.05) is 66.7 Å². The van der Waals surface area contributed by atoms with Gasteiger partial charge in [-0.2, -0.15) is 0 Å². The van der Waals surface area contributed by atoms with Crippen LogP contribution in [0.3, 0.4) is 0 Å². The van der Waals surface area contributed by atoms with E-state index in [0.29, 0.717) is 0 Å². The lowest BCUT2D eigenvalue weighted by atomic mass is 10.00. The molecular formula is C20H20N2. The Morgan fingerprint density at radius 3 is 1.91 bits per heavy atom. The third kappa shape index (κ3) is 3.41. The topological polar surface area (TPSA) is 24.9 Å². The van der Waals surface area contributed by atoms with Crippen molar-refractivity contribution in [1.29, 1.82) is 0 Å². The molecule has 0 fully saturated rings. The second-order valence-corrected chi connectivity index (χ2v) is 5.40. The molecule has 0 amide bonds. The van der Waals surface area contributed by atoms with E-state index in [1.807, 2.05) is 30.5 Å². The number of hydrogen-bond donors (Lipinski definition) is 1. The van der Waals surface area contributed by atoms with Gasteiger partial charge in [0.25, 0.3) is 0 Å². The molecule has 2 unspecified atom stereocenters. The fraction of sp³-hybridized carbons (Fsp3) is 0.150. The van der Waals surface area contributed by atoms with Gasteiger partial charge in [0.05, 0.1) is 11.7 Å². The number of hydrogen-bond acceptors (Lipinski definition) is 2. The molecule has 0 spiro atoms. The van der Waals surface area contributed by atoms with E-state index in [2.05, 4.69) is 71.8 Å². The van der Waals surface area contributed by atoms with Gasteiger partial charge in [0, 0.05) is 12.2 Å². The summed E-state index contributed by atoms with van der Waals surface area (Å²) >= 11 is 0. The maximum absolute atomic E-state index is 4.54. The predicted octanol–water partition coefficient (Wildman–Crippen LogP) is 4.52. The van der Waals surface area contributed by atoms with Crippen molar-refractivity contribution in [3.8, 4) is 0 Å². The van der Waals surface area contributed by atoms with Crippen molar-refractivity contribution in [3.63, 3.8) is 0 Å². The fourth-order valence-electron chi connectivity index (χ4n) is 2.63. The lowest BCUT2D eigenvalue weighted by molar-refractivity contribution is 0.508. The molecule has 0 aliphatic rings. The van der Waals surface area contributed by atoms with Gasteiger partial charge in [-0.3, -0.25) is 10.3 Å². The van der Waals surface area contributed by atoms with Crippen LogP contribution in [0, 0.1) is 0 Å². The summed E-state index contributed by atoms with van der Waals surface area (Å²) in [5.74, 6) is 0. The molecule has 110 valence electrons. The van der Waals surface area contributed by atoms with E-state index in [0.717, 1.165) is 5.69 Å². The summed E-state index contributed by atoms with van der Waals surface area (Å²) in [6, 6.07) is 27.3. The van der Waals surface area contributed by atoms with E-state index in [1.54, 1.807) is 0 Å². The van der Waals surface area contributed by atoms with Crippen molar-refractivity contribution >= 4 is 0 Å². The number of aromatic nitrogens is 1. The normalized spacial score (nSPS) is 13.5. The van der Waals surface area contributed by atoms with Crippen LogP contribution in [0.15, 0.2) is 85.1 Å². The highest BCUT2D eigenvalue weighted by molar-refractivity contribution is 5.29. The van der Waals surface area contributed by atoms with Crippen LogP contribution in [-0.2, 0) is 0 Å². The zero-order chi connectivity index (χ0) is 15.2. The van der Waals surface area contributed by atoms with Crippen LogP contribution >= 0.6 is 0 Å². The minimum absolute atomic E-state index is 0.0811. The molecule has 3 rings (SSSR count). The summed E-state index contributed by atoms with van der Waals surface area (Å²) in [6.45, 7) is 2.19. The number of nitrogens with one attached hydrogen (secondary N) is 1. The van der Waals surface area contributed by atoms with Crippen LogP contribution in [0.25, 0.3) is 0 Å². The van der Waals surface area contributed by atoms with Crippen LogP contribution < -0.4 is 5.32 Å². The molecule has 1 N–H and O–H groups in total. The molecule has 0 saturated heterocycles. The zero-order valence-electron chi connectivity index (χ0n) is 12.7. The third-order valence-corrected chi connectivity index (χ3v) is 3.83. The van der Waals surface area contributed by atoms with Gasteiger partial charge in [0.1, 0.15) is 0 Å². The van der Waals surface area contributed by atoms with Crippen molar-refractivity contribution in [2.75, 3.05) is 0 Å². The van der Waals surface area contributed by atoms with Crippen LogP contribution in [0.2, 0.25) is 0 Å². The molecule has 0 aliphatic heterocycles. The molecule has 1 heterocycles. The van der Waals surface area contributed by atoms with Gasteiger partial charge in [-0.25, -0.2) is 0 Å². The largest absolute Gasteiger partial charge is 0.298 e. The Bertz CT molecular complexity index is 641. The second kappa shape index (κ2) is 7.01. The molecule has 0 aliphatic carbocycles. The molecule has 22 heavy (non-hydrogen) atoms. The smallest absolute Gasteiger partial charge is 0.0756 e. The van der Waals surface area contributed by atoms with E-state index in [-0.39, 0.29) is 12.1 Å². The third-order valence-electron chi connectivity index (χ3n) is 3.83. The average molecular weight is 288 g/mol. The van der Waals surface area contributed by atoms with Crippen molar-refractivity contribution in [2.45, 2.75) is 19.0 Å². The van der Waals surface area contributed by atoms with Gasteiger partial charge >= 0.3 is 0 Å². The summed E-state index contributed by atoms with van der Waals surface area (Å²) in [5.41, 5.74) is 3.54. The lowest BCUT2D eigenvalue weighted by Crippen LogP contribution is -2.26. The van der Waals surface area contributed by atoms with E-state index in [1.165, 1.54) is 11.1 Å². The molecule has 0 bridgehead atoms. The highest BCUT2D eigenvalue weighted by atomic mass is 15.0. The first kappa shape index (κ1) is 14.5. The average Bonchev–Trinajstić information content (AvgIpc) is 2.62. The Hall–Kier alpha value is -2.45. The van der Waals surface area contributed by atoms with Crippen LogP contribution in [0.5, 0.6) is 0 Å². The van der Waals surface area contributed by atoms with E-state index in [9.17, 15) is 0 Å². The molecule has 2 nitrogen and oxygen atoms in total. The summed E-state index contributed by atoms with van der Waals surface area (Å²) in [4.78, 5) is 4.54. The molecule has 1 aromatic heterocycles. The number of nitrogens with zero attached hydrogens (tertiary/aromatic N) is 1. The maximum Gasteiger partial charge on any atom is 0.0756 e. The first-order chi connectivity index (χ1) is 10.8. The summed E-state index contributed by atoms with van der Waals surface area (Å²) in [5, 5.41) is 3.70. The van der Waals surface area contributed by atoms with Crippen LogP contribution in [-0.4, -0.2) is 4.98 Å². The molecule has 3 aromatic rings. The quantitative estimate of drug-likeness (QED) is 0.746. The Kier molecular flexibility index (Phi) is 4.62. The molecule has 0 radical (unpaired) electrons. The zero-order valence-corrected chi connectivity index (χ0v) is 12.7.